The highest BCUT2D eigenvalue weighted by Gasteiger charge is 2.05. The molecule has 7 nitrogen and oxygen atoms in total. The van der Waals surface area contributed by atoms with Gasteiger partial charge in [0.1, 0.15) is 12.3 Å². The Kier molecular flexibility index (Phi) is 14.1. The van der Waals surface area contributed by atoms with Crippen LogP contribution in [0, 0.1) is 0 Å². The van der Waals surface area contributed by atoms with E-state index in [2.05, 4.69) is 40.0 Å². The quantitative estimate of drug-likeness (QED) is 0.162. The zero-order chi connectivity index (χ0) is 22.3. The first-order valence-corrected chi connectivity index (χ1v) is 10.7. The van der Waals surface area contributed by atoms with Gasteiger partial charge in [0, 0.05) is 26.2 Å². The first-order chi connectivity index (χ1) is 15.1. The molecule has 0 bridgehead atoms. The average Bonchev–Trinajstić information content (AvgIpc) is 2.81. The van der Waals surface area contributed by atoms with Crippen molar-refractivity contribution < 1.29 is 14.3 Å². The number of guanidine groups is 1. The Morgan fingerprint density at radius 2 is 1.75 bits per heavy atom. The highest BCUT2D eigenvalue weighted by molar-refractivity contribution is 14.0. The van der Waals surface area contributed by atoms with Gasteiger partial charge in [-0.2, -0.15) is 0 Å². The molecule has 32 heavy (non-hydrogen) atoms. The summed E-state index contributed by atoms with van der Waals surface area (Å²) >= 11 is 0. The summed E-state index contributed by atoms with van der Waals surface area (Å²) in [7, 11) is 1.63. The molecule has 0 aliphatic carbocycles. The van der Waals surface area contributed by atoms with Crippen molar-refractivity contribution in [3.05, 3.63) is 65.7 Å². The van der Waals surface area contributed by atoms with Crippen LogP contribution < -0.4 is 20.7 Å². The van der Waals surface area contributed by atoms with Crippen molar-refractivity contribution in [2.45, 2.75) is 32.9 Å². The largest absolute Gasteiger partial charge is 0.497 e. The highest BCUT2D eigenvalue weighted by Crippen LogP contribution is 2.15. The summed E-state index contributed by atoms with van der Waals surface area (Å²) in [4.78, 5) is 16.5. The van der Waals surface area contributed by atoms with Crippen LogP contribution in [-0.4, -0.2) is 45.2 Å². The lowest BCUT2D eigenvalue weighted by Gasteiger charge is -2.14. The topological polar surface area (TPSA) is 84.0 Å². The van der Waals surface area contributed by atoms with Gasteiger partial charge in [0.25, 0.3) is 0 Å². The van der Waals surface area contributed by atoms with Gasteiger partial charge in [-0.1, -0.05) is 42.5 Å². The Morgan fingerprint density at radius 1 is 1.03 bits per heavy atom. The molecule has 0 saturated carbocycles. The molecule has 0 fully saturated rings. The van der Waals surface area contributed by atoms with Crippen LogP contribution in [0.25, 0.3) is 0 Å². The fraction of sp³-hybridized carbons (Fsp3) is 0.417. The van der Waals surface area contributed by atoms with E-state index in [1.54, 1.807) is 7.11 Å². The second kappa shape index (κ2) is 16.3. The Hall–Kier alpha value is -2.33. The van der Waals surface area contributed by atoms with Crippen molar-refractivity contribution in [3.63, 3.8) is 0 Å². The van der Waals surface area contributed by atoms with Gasteiger partial charge in [-0.3, -0.25) is 4.79 Å². The fourth-order valence-corrected chi connectivity index (χ4v) is 2.85. The highest BCUT2D eigenvalue weighted by atomic mass is 127. The maximum absolute atomic E-state index is 12.1. The molecule has 1 unspecified atom stereocenters. The molecule has 0 aromatic heterocycles. The molecular weight excluding hydrogens is 519 g/mol. The van der Waals surface area contributed by atoms with E-state index < -0.39 is 0 Å². The minimum atomic E-state index is -0.131. The van der Waals surface area contributed by atoms with Crippen LogP contribution in [0.3, 0.4) is 0 Å². The molecule has 0 radical (unpaired) electrons. The fourth-order valence-electron chi connectivity index (χ4n) is 2.85. The minimum Gasteiger partial charge on any atom is -0.497 e. The van der Waals surface area contributed by atoms with E-state index in [4.69, 9.17) is 9.47 Å². The van der Waals surface area contributed by atoms with Gasteiger partial charge in [-0.15, -0.1) is 24.0 Å². The molecule has 0 spiro atoms. The molecule has 3 N–H and O–H groups in total. The van der Waals surface area contributed by atoms with Gasteiger partial charge in [0.15, 0.2) is 5.96 Å². The average molecular weight is 554 g/mol. The molecule has 176 valence electrons. The molecule has 2 aromatic carbocycles. The van der Waals surface area contributed by atoms with Crippen LogP contribution >= 0.6 is 24.0 Å². The lowest BCUT2D eigenvalue weighted by molar-refractivity contribution is -0.119. The summed E-state index contributed by atoms with van der Waals surface area (Å²) in [6, 6.07) is 17.8. The number of carbonyl (C=O) groups excluding carboxylic acids is 1. The van der Waals surface area contributed by atoms with Gasteiger partial charge >= 0.3 is 0 Å². The zero-order valence-corrected chi connectivity index (χ0v) is 21.4. The molecule has 1 atom stereocenters. The van der Waals surface area contributed by atoms with Crippen LogP contribution in [-0.2, 0) is 16.1 Å². The Bertz CT molecular complexity index is 801. The summed E-state index contributed by atoms with van der Waals surface area (Å²) in [5.74, 6) is 1.28. The molecule has 8 heteroatoms. The second-order valence-electron chi connectivity index (χ2n) is 7.02. The van der Waals surface area contributed by atoms with E-state index in [1.807, 2.05) is 49.4 Å². The lowest BCUT2D eigenvalue weighted by Crippen LogP contribution is -2.39. The number of aliphatic imine (C=N–C) groups is 1. The molecule has 0 aliphatic rings. The Morgan fingerprint density at radius 3 is 2.41 bits per heavy atom. The number of amides is 1. The second-order valence-corrected chi connectivity index (χ2v) is 7.02. The standard InChI is InChI=1S/C24H34N4O3.HI/c1-4-25-24(26-15-8-16-31-19(2)21-9-6-5-7-10-21)28-18-23(29)27-17-20-11-13-22(30-3)14-12-20;/h5-7,9-14,19H,4,8,15-18H2,1-3H3,(H,27,29)(H2,25,26,28);1H. The number of nitrogens with zero attached hydrogens (tertiary/aromatic N) is 1. The first-order valence-electron chi connectivity index (χ1n) is 10.7. The van der Waals surface area contributed by atoms with Crippen LogP contribution in [0.2, 0.25) is 0 Å². The van der Waals surface area contributed by atoms with Gasteiger partial charge in [-0.05, 0) is 43.5 Å². The molecule has 0 heterocycles. The molecule has 0 aliphatic heterocycles. The van der Waals surface area contributed by atoms with Crippen LogP contribution in [0.4, 0.5) is 0 Å². The maximum atomic E-state index is 12.1. The number of nitrogens with one attached hydrogen (secondary N) is 3. The van der Waals surface area contributed by atoms with E-state index in [0.29, 0.717) is 25.7 Å². The van der Waals surface area contributed by atoms with Crippen molar-refractivity contribution in [3.8, 4) is 5.75 Å². The van der Waals surface area contributed by atoms with E-state index in [0.717, 1.165) is 24.3 Å². The number of benzene rings is 2. The van der Waals surface area contributed by atoms with E-state index in [9.17, 15) is 4.79 Å². The minimum absolute atomic E-state index is 0. The molecule has 2 rings (SSSR count). The predicted octanol–water partition coefficient (Wildman–Crippen LogP) is 3.65. The maximum Gasteiger partial charge on any atom is 0.242 e. The van der Waals surface area contributed by atoms with Crippen molar-refractivity contribution >= 4 is 35.8 Å². The molecule has 1 amide bonds. The van der Waals surface area contributed by atoms with Crippen molar-refractivity contribution in [1.29, 1.82) is 0 Å². The summed E-state index contributed by atoms with van der Waals surface area (Å²) in [6.07, 6.45) is 0.906. The van der Waals surface area contributed by atoms with E-state index >= 15 is 0 Å². The number of ether oxygens (including phenoxy) is 2. The van der Waals surface area contributed by atoms with Crippen LogP contribution in [0.5, 0.6) is 5.75 Å². The normalized spacial score (nSPS) is 11.8. The van der Waals surface area contributed by atoms with Crippen molar-refractivity contribution in [1.82, 2.24) is 16.0 Å². The predicted molar refractivity (Wildman–Crippen MR) is 140 cm³/mol. The van der Waals surface area contributed by atoms with Crippen LogP contribution in [0.1, 0.15) is 37.5 Å². The number of hydrogen-bond acceptors (Lipinski definition) is 4. The summed E-state index contributed by atoms with van der Waals surface area (Å²) in [5.41, 5.74) is 2.18. The first kappa shape index (κ1) is 27.7. The zero-order valence-electron chi connectivity index (χ0n) is 19.1. The number of methoxy groups -OCH3 is 1. The van der Waals surface area contributed by atoms with Gasteiger partial charge in [-0.25, -0.2) is 4.99 Å². The van der Waals surface area contributed by atoms with Crippen molar-refractivity contribution in [2.24, 2.45) is 4.99 Å². The van der Waals surface area contributed by atoms with E-state index in [-0.39, 0.29) is 42.5 Å². The lowest BCUT2D eigenvalue weighted by atomic mass is 10.1. The van der Waals surface area contributed by atoms with Crippen LogP contribution in [0.15, 0.2) is 59.6 Å². The SMILES string of the molecule is CCNC(=NCC(=O)NCc1ccc(OC)cc1)NCCCOC(C)c1ccccc1.I. The van der Waals surface area contributed by atoms with Gasteiger partial charge < -0.3 is 25.4 Å². The molecular formula is C24H35IN4O3. The third-order valence-electron chi connectivity index (χ3n) is 4.62. The third kappa shape index (κ3) is 10.8. The monoisotopic (exact) mass is 554 g/mol. The van der Waals surface area contributed by atoms with Gasteiger partial charge in [0.05, 0.1) is 13.2 Å². The molecule has 2 aromatic rings. The van der Waals surface area contributed by atoms with Crippen molar-refractivity contribution in [2.75, 3.05) is 33.4 Å². The number of halogens is 1. The number of rotatable bonds is 12. The number of carbonyl (C=O) groups is 1. The summed E-state index contributed by atoms with van der Waals surface area (Å²) in [6.45, 7) is 6.64. The molecule has 0 saturated heterocycles. The Balaban J connectivity index is 0.00000512. The Labute approximate surface area is 208 Å². The summed E-state index contributed by atoms with van der Waals surface area (Å²) < 4.78 is 11.0. The van der Waals surface area contributed by atoms with Gasteiger partial charge in [0.2, 0.25) is 5.91 Å². The number of hydrogen-bond donors (Lipinski definition) is 3. The smallest absolute Gasteiger partial charge is 0.242 e. The van der Waals surface area contributed by atoms with E-state index in [1.165, 1.54) is 5.56 Å². The third-order valence-corrected chi connectivity index (χ3v) is 4.62. The summed E-state index contributed by atoms with van der Waals surface area (Å²) in [5, 5.41) is 9.27.